The van der Waals surface area contributed by atoms with Crippen molar-refractivity contribution in [3.8, 4) is 11.1 Å². The number of fused-ring (bicyclic) bond motifs is 1. The van der Waals surface area contributed by atoms with Crippen LogP contribution in [0, 0.1) is 4.51 Å². The van der Waals surface area contributed by atoms with Crippen molar-refractivity contribution >= 4 is 34.8 Å². The predicted molar refractivity (Wildman–Crippen MR) is 109 cm³/mol. The molecule has 2 N–H and O–H groups in total. The second-order valence-corrected chi connectivity index (χ2v) is 6.34. The van der Waals surface area contributed by atoms with E-state index in [-0.39, 0.29) is 5.91 Å². The maximum atomic E-state index is 12.7. The number of para-hydroxylation sites is 1. The van der Waals surface area contributed by atoms with E-state index < -0.39 is 0 Å². The number of H-pyrrole nitrogens is 1. The zero-order valence-corrected chi connectivity index (χ0v) is 14.7. The van der Waals surface area contributed by atoms with Crippen molar-refractivity contribution in [2.45, 2.75) is 0 Å². The molecule has 0 saturated heterocycles. The minimum atomic E-state index is -0.177. The lowest BCUT2D eigenvalue weighted by molar-refractivity contribution is 0.102. The normalized spacial score (nSPS) is 10.6. The van der Waals surface area contributed by atoms with E-state index in [4.69, 9.17) is 12.2 Å². The average molecular weight is 356 g/mol. The first kappa shape index (κ1) is 16.2. The van der Waals surface area contributed by atoms with E-state index in [1.54, 1.807) is 12.1 Å². The van der Waals surface area contributed by atoms with Gasteiger partial charge in [0.2, 0.25) is 0 Å². The standard InChI is InChI=1S/C22H16N2OS/c25-22(16-11-5-2-6-12-16)24-21-19(15-9-3-1-4-10-15)20(26)17-13-7-8-14-18(17)23-21/h1-14H,(H2,23,24,25,26). The van der Waals surface area contributed by atoms with Crippen LogP contribution in [0.25, 0.3) is 22.0 Å². The summed E-state index contributed by atoms with van der Waals surface area (Å²) in [5, 5.41) is 3.95. The van der Waals surface area contributed by atoms with Crippen LogP contribution >= 0.6 is 12.2 Å². The molecule has 4 heteroatoms. The van der Waals surface area contributed by atoms with Crippen LogP contribution in [0.15, 0.2) is 84.9 Å². The monoisotopic (exact) mass is 356 g/mol. The molecule has 3 nitrogen and oxygen atoms in total. The molecule has 1 amide bonds. The summed E-state index contributed by atoms with van der Waals surface area (Å²) in [7, 11) is 0. The molecule has 0 aliphatic heterocycles. The largest absolute Gasteiger partial charge is 0.341 e. The fraction of sp³-hybridized carbons (Fsp3) is 0. The summed E-state index contributed by atoms with van der Waals surface area (Å²) in [4.78, 5) is 16.0. The lowest BCUT2D eigenvalue weighted by Crippen LogP contribution is -2.14. The first-order chi connectivity index (χ1) is 12.7. The Morgan fingerprint density at radius 2 is 1.42 bits per heavy atom. The van der Waals surface area contributed by atoms with Crippen molar-refractivity contribution in [2.75, 3.05) is 5.32 Å². The Morgan fingerprint density at radius 3 is 2.15 bits per heavy atom. The highest BCUT2D eigenvalue weighted by Crippen LogP contribution is 2.32. The van der Waals surface area contributed by atoms with Gasteiger partial charge in [0.15, 0.2) is 0 Å². The van der Waals surface area contributed by atoms with E-state index in [2.05, 4.69) is 10.3 Å². The van der Waals surface area contributed by atoms with Gasteiger partial charge in [-0.25, -0.2) is 0 Å². The Kier molecular flexibility index (Phi) is 4.33. The van der Waals surface area contributed by atoms with Gasteiger partial charge < -0.3 is 10.3 Å². The first-order valence-corrected chi connectivity index (χ1v) is 8.72. The second kappa shape index (κ2) is 6.94. The second-order valence-electron chi connectivity index (χ2n) is 5.94. The maximum Gasteiger partial charge on any atom is 0.256 e. The number of anilines is 1. The van der Waals surface area contributed by atoms with Gasteiger partial charge >= 0.3 is 0 Å². The summed E-state index contributed by atoms with van der Waals surface area (Å²) in [6.45, 7) is 0. The summed E-state index contributed by atoms with van der Waals surface area (Å²) in [6.07, 6.45) is 0. The van der Waals surface area contributed by atoms with Gasteiger partial charge in [-0.15, -0.1) is 0 Å². The number of hydrogen-bond donors (Lipinski definition) is 2. The molecule has 4 rings (SSSR count). The number of aromatic amines is 1. The summed E-state index contributed by atoms with van der Waals surface area (Å²) in [5.74, 6) is 0.428. The topological polar surface area (TPSA) is 44.9 Å². The molecule has 0 unspecified atom stereocenters. The molecule has 0 fully saturated rings. The highest BCUT2D eigenvalue weighted by molar-refractivity contribution is 7.71. The lowest BCUT2D eigenvalue weighted by atomic mass is 10.0. The summed E-state index contributed by atoms with van der Waals surface area (Å²) < 4.78 is 0.717. The molecule has 1 aromatic heterocycles. The smallest absolute Gasteiger partial charge is 0.256 e. The molecule has 1 heterocycles. The van der Waals surface area contributed by atoms with Crippen LogP contribution in [0.4, 0.5) is 5.82 Å². The summed E-state index contributed by atoms with van der Waals surface area (Å²) >= 11 is 5.76. The van der Waals surface area contributed by atoms with Crippen LogP contribution in [0.1, 0.15) is 10.4 Å². The Balaban J connectivity index is 1.90. The van der Waals surface area contributed by atoms with Gasteiger partial charge in [-0.1, -0.05) is 78.9 Å². The zero-order valence-electron chi connectivity index (χ0n) is 13.9. The number of rotatable bonds is 3. The Morgan fingerprint density at radius 1 is 0.808 bits per heavy atom. The molecule has 26 heavy (non-hydrogen) atoms. The highest BCUT2D eigenvalue weighted by atomic mass is 32.1. The molecular formula is C22H16N2OS. The van der Waals surface area contributed by atoms with E-state index in [1.165, 1.54) is 0 Å². The highest BCUT2D eigenvalue weighted by Gasteiger charge is 2.14. The average Bonchev–Trinajstić information content (AvgIpc) is 2.69. The van der Waals surface area contributed by atoms with Crippen molar-refractivity contribution < 1.29 is 4.79 Å². The molecule has 0 saturated carbocycles. The molecule has 4 aromatic rings. The molecule has 0 spiro atoms. The Labute approximate surface area is 156 Å². The van der Waals surface area contributed by atoms with Crippen molar-refractivity contribution in [1.82, 2.24) is 4.98 Å². The molecule has 0 aliphatic carbocycles. The Bertz CT molecular complexity index is 1140. The van der Waals surface area contributed by atoms with Crippen LogP contribution in [-0.4, -0.2) is 10.9 Å². The molecule has 126 valence electrons. The number of hydrogen-bond acceptors (Lipinski definition) is 2. The minimum Gasteiger partial charge on any atom is -0.341 e. The van der Waals surface area contributed by atoms with Crippen molar-refractivity contribution in [1.29, 1.82) is 0 Å². The van der Waals surface area contributed by atoms with E-state index in [0.29, 0.717) is 15.9 Å². The fourth-order valence-corrected chi connectivity index (χ4v) is 3.38. The third-order valence-electron chi connectivity index (χ3n) is 4.25. The molecule has 0 bridgehead atoms. The van der Waals surface area contributed by atoms with Gasteiger partial charge in [-0.3, -0.25) is 4.79 Å². The predicted octanol–water partition coefficient (Wildman–Crippen LogP) is 5.82. The van der Waals surface area contributed by atoms with Gasteiger partial charge in [-0.2, -0.15) is 0 Å². The van der Waals surface area contributed by atoms with E-state index in [0.717, 1.165) is 22.0 Å². The number of benzene rings is 3. The maximum absolute atomic E-state index is 12.7. The van der Waals surface area contributed by atoms with Gasteiger partial charge in [0.1, 0.15) is 5.82 Å². The van der Waals surface area contributed by atoms with Crippen molar-refractivity contribution in [2.24, 2.45) is 0 Å². The van der Waals surface area contributed by atoms with Crippen molar-refractivity contribution in [3.63, 3.8) is 0 Å². The van der Waals surface area contributed by atoms with Crippen LogP contribution < -0.4 is 5.32 Å². The van der Waals surface area contributed by atoms with E-state index in [9.17, 15) is 4.79 Å². The first-order valence-electron chi connectivity index (χ1n) is 8.31. The van der Waals surface area contributed by atoms with Crippen LogP contribution in [0.3, 0.4) is 0 Å². The van der Waals surface area contributed by atoms with Crippen LogP contribution in [0.5, 0.6) is 0 Å². The molecule has 0 atom stereocenters. The van der Waals surface area contributed by atoms with Gasteiger partial charge in [0, 0.05) is 22.0 Å². The number of amides is 1. The fourth-order valence-electron chi connectivity index (χ4n) is 2.98. The third-order valence-corrected chi connectivity index (χ3v) is 4.67. The quantitative estimate of drug-likeness (QED) is 0.455. The Hall–Kier alpha value is -3.24. The molecule has 3 aromatic carbocycles. The van der Waals surface area contributed by atoms with E-state index >= 15 is 0 Å². The third kappa shape index (κ3) is 3.03. The molecule has 0 aliphatic rings. The zero-order chi connectivity index (χ0) is 17.9. The van der Waals surface area contributed by atoms with Crippen molar-refractivity contribution in [3.05, 3.63) is 95.0 Å². The van der Waals surface area contributed by atoms with Crippen LogP contribution in [0.2, 0.25) is 0 Å². The molecule has 0 radical (unpaired) electrons. The summed E-state index contributed by atoms with van der Waals surface area (Å²) in [6, 6.07) is 26.9. The number of nitrogens with one attached hydrogen (secondary N) is 2. The van der Waals surface area contributed by atoms with Crippen LogP contribution in [-0.2, 0) is 0 Å². The van der Waals surface area contributed by atoms with Gasteiger partial charge in [0.25, 0.3) is 5.91 Å². The lowest BCUT2D eigenvalue weighted by Gasteiger charge is -2.14. The van der Waals surface area contributed by atoms with Gasteiger partial charge in [0.05, 0.1) is 4.51 Å². The number of carbonyl (C=O) groups excluding carboxylic acids is 1. The van der Waals surface area contributed by atoms with Gasteiger partial charge in [-0.05, 0) is 23.8 Å². The number of pyridine rings is 1. The number of carbonyl (C=O) groups is 1. The minimum absolute atomic E-state index is 0.177. The number of aromatic nitrogens is 1. The SMILES string of the molecule is O=C(Nc1[nH]c2ccccc2c(=S)c1-c1ccccc1)c1ccccc1. The summed E-state index contributed by atoms with van der Waals surface area (Å²) in [5.41, 5.74) is 3.27. The van der Waals surface area contributed by atoms with E-state index in [1.807, 2.05) is 72.8 Å². The molecular weight excluding hydrogens is 340 g/mol.